The molecule has 0 unspecified atom stereocenters. The van der Waals surface area contributed by atoms with E-state index in [0.29, 0.717) is 5.02 Å². The van der Waals surface area contributed by atoms with E-state index < -0.39 is 0 Å². The summed E-state index contributed by atoms with van der Waals surface area (Å²) in [6.45, 7) is 0. The summed E-state index contributed by atoms with van der Waals surface area (Å²) in [7, 11) is 0. The number of halogens is 2. The Hall–Kier alpha value is -0.930. The van der Waals surface area contributed by atoms with Crippen molar-refractivity contribution in [3.05, 3.63) is 40.7 Å². The van der Waals surface area contributed by atoms with Crippen LogP contribution < -0.4 is 0 Å². The number of hydrogen-bond acceptors (Lipinski definition) is 2. The van der Waals surface area contributed by atoms with E-state index >= 15 is 0 Å². The number of aromatic nitrogens is 1. The van der Waals surface area contributed by atoms with Gasteiger partial charge in [-0.3, -0.25) is 4.98 Å². The lowest BCUT2D eigenvalue weighted by Crippen LogP contribution is -1.79. The van der Waals surface area contributed by atoms with Gasteiger partial charge in [0, 0.05) is 22.0 Å². The minimum atomic E-state index is -0.331. The van der Waals surface area contributed by atoms with Crippen LogP contribution in [0.5, 0.6) is 0 Å². The second kappa shape index (κ2) is 3.44. The Bertz CT molecular complexity index is 427. The molecule has 0 aromatic carbocycles. The van der Waals surface area contributed by atoms with Gasteiger partial charge < -0.3 is 0 Å². The largest absolute Gasteiger partial charge is 0.261 e. The highest BCUT2D eigenvalue weighted by Gasteiger charge is 2.02. The van der Waals surface area contributed by atoms with Crippen LogP contribution in [0, 0.1) is 5.82 Å². The minimum absolute atomic E-state index is 0.331. The van der Waals surface area contributed by atoms with Gasteiger partial charge in [-0.2, -0.15) is 0 Å². The third-order valence-corrected chi connectivity index (χ3v) is 2.88. The molecule has 0 saturated carbocycles. The monoisotopic (exact) mass is 213 g/mol. The number of pyridine rings is 1. The summed E-state index contributed by atoms with van der Waals surface area (Å²) in [4.78, 5) is 4.69. The fraction of sp³-hybridized carbons (Fsp3) is 0. The van der Waals surface area contributed by atoms with E-state index in [1.54, 1.807) is 12.3 Å². The normalized spacial score (nSPS) is 10.3. The van der Waals surface area contributed by atoms with Gasteiger partial charge in [0.05, 0.1) is 11.2 Å². The lowest BCUT2D eigenvalue weighted by Gasteiger charge is -1.94. The lowest BCUT2D eigenvalue weighted by atomic mass is 10.2. The molecule has 66 valence electrons. The van der Waals surface area contributed by atoms with Crippen molar-refractivity contribution in [2.45, 2.75) is 0 Å². The van der Waals surface area contributed by atoms with Crippen molar-refractivity contribution >= 4 is 22.9 Å². The fourth-order valence-corrected chi connectivity index (χ4v) is 2.07. The van der Waals surface area contributed by atoms with Gasteiger partial charge in [-0.1, -0.05) is 11.6 Å². The Morgan fingerprint density at radius 2 is 2.15 bits per heavy atom. The zero-order valence-electron chi connectivity index (χ0n) is 6.50. The summed E-state index contributed by atoms with van der Waals surface area (Å²) in [5, 5.41) is 2.48. The molecule has 2 rings (SSSR count). The van der Waals surface area contributed by atoms with E-state index in [4.69, 9.17) is 11.6 Å². The van der Waals surface area contributed by atoms with Gasteiger partial charge in [0.15, 0.2) is 0 Å². The molecule has 0 radical (unpaired) electrons. The molecule has 2 aromatic heterocycles. The second-order valence-corrected chi connectivity index (χ2v) is 3.87. The molecule has 0 atom stereocenters. The third kappa shape index (κ3) is 1.87. The van der Waals surface area contributed by atoms with Crippen LogP contribution >= 0.6 is 22.9 Å². The molecule has 0 aliphatic heterocycles. The van der Waals surface area contributed by atoms with Gasteiger partial charge in [0.1, 0.15) is 5.82 Å². The molecule has 0 bridgehead atoms. The average Bonchev–Trinajstić information content (AvgIpc) is 2.52. The Morgan fingerprint density at radius 3 is 2.77 bits per heavy atom. The maximum absolute atomic E-state index is 12.8. The predicted octanol–water partition coefficient (Wildman–Crippen LogP) is 3.60. The van der Waals surface area contributed by atoms with Gasteiger partial charge in [0.25, 0.3) is 0 Å². The topological polar surface area (TPSA) is 12.9 Å². The van der Waals surface area contributed by atoms with E-state index in [9.17, 15) is 4.39 Å². The average molecular weight is 214 g/mol. The first-order valence-corrected chi connectivity index (χ1v) is 4.86. The standard InChI is InChI=1S/C9H5ClFNS/c10-7-2-9(13-5-7)6-1-8(11)4-12-3-6/h1-5H. The lowest BCUT2D eigenvalue weighted by molar-refractivity contribution is 0.622. The maximum Gasteiger partial charge on any atom is 0.142 e. The zero-order chi connectivity index (χ0) is 9.26. The highest BCUT2D eigenvalue weighted by Crippen LogP contribution is 2.29. The molecule has 0 aliphatic carbocycles. The quantitative estimate of drug-likeness (QED) is 0.705. The van der Waals surface area contributed by atoms with Crippen molar-refractivity contribution < 1.29 is 4.39 Å². The van der Waals surface area contributed by atoms with Crippen LogP contribution in [0.15, 0.2) is 29.9 Å². The fourth-order valence-electron chi connectivity index (χ4n) is 1.01. The van der Waals surface area contributed by atoms with E-state index in [1.807, 2.05) is 5.38 Å². The van der Waals surface area contributed by atoms with Crippen molar-refractivity contribution in [1.82, 2.24) is 4.98 Å². The smallest absolute Gasteiger partial charge is 0.142 e. The zero-order valence-corrected chi connectivity index (χ0v) is 8.07. The van der Waals surface area contributed by atoms with Crippen LogP contribution in [-0.2, 0) is 0 Å². The molecule has 0 fully saturated rings. The molecule has 0 aliphatic rings. The van der Waals surface area contributed by atoms with E-state index in [1.165, 1.54) is 23.6 Å². The molecule has 4 heteroatoms. The number of thiophene rings is 1. The van der Waals surface area contributed by atoms with E-state index in [0.717, 1.165) is 10.4 Å². The first kappa shape index (κ1) is 8.66. The van der Waals surface area contributed by atoms with Crippen LogP contribution in [0.3, 0.4) is 0 Å². The summed E-state index contributed by atoms with van der Waals surface area (Å²) < 4.78 is 12.8. The molecule has 0 saturated heterocycles. The van der Waals surface area contributed by atoms with Gasteiger partial charge in [-0.25, -0.2) is 4.39 Å². The molecule has 2 heterocycles. The van der Waals surface area contributed by atoms with E-state index in [-0.39, 0.29) is 5.82 Å². The second-order valence-electron chi connectivity index (χ2n) is 2.52. The van der Waals surface area contributed by atoms with Crippen molar-refractivity contribution in [3.63, 3.8) is 0 Å². The summed E-state index contributed by atoms with van der Waals surface area (Å²) in [5.41, 5.74) is 0.761. The van der Waals surface area contributed by atoms with Gasteiger partial charge in [0.2, 0.25) is 0 Å². The van der Waals surface area contributed by atoms with Crippen molar-refractivity contribution in [1.29, 1.82) is 0 Å². The third-order valence-electron chi connectivity index (χ3n) is 1.56. The number of nitrogens with zero attached hydrogens (tertiary/aromatic N) is 1. The van der Waals surface area contributed by atoms with Gasteiger partial charge in [-0.15, -0.1) is 11.3 Å². The summed E-state index contributed by atoms with van der Waals surface area (Å²) in [6, 6.07) is 3.23. The van der Waals surface area contributed by atoms with Crippen LogP contribution in [0.25, 0.3) is 10.4 Å². The summed E-state index contributed by atoms with van der Waals surface area (Å²) in [6.07, 6.45) is 2.80. The molecule has 0 spiro atoms. The van der Waals surface area contributed by atoms with Crippen molar-refractivity contribution in [2.75, 3.05) is 0 Å². The Balaban J connectivity index is 2.46. The van der Waals surface area contributed by atoms with Gasteiger partial charge >= 0.3 is 0 Å². The van der Waals surface area contributed by atoms with Gasteiger partial charge in [-0.05, 0) is 12.1 Å². The first-order valence-electron chi connectivity index (χ1n) is 3.60. The molecular weight excluding hydrogens is 209 g/mol. The maximum atomic E-state index is 12.8. The predicted molar refractivity (Wildman–Crippen MR) is 52.5 cm³/mol. The summed E-state index contributed by atoms with van der Waals surface area (Å²) in [5.74, 6) is -0.331. The first-order chi connectivity index (χ1) is 6.25. The Labute approximate surface area is 83.8 Å². The molecule has 0 amide bonds. The molecule has 0 N–H and O–H groups in total. The highest BCUT2D eigenvalue weighted by molar-refractivity contribution is 7.14. The molecule has 13 heavy (non-hydrogen) atoms. The Morgan fingerprint density at radius 1 is 1.31 bits per heavy atom. The van der Waals surface area contributed by atoms with Crippen LogP contribution in [0.4, 0.5) is 4.39 Å². The summed E-state index contributed by atoms with van der Waals surface area (Å²) >= 11 is 7.22. The van der Waals surface area contributed by atoms with Crippen LogP contribution in [-0.4, -0.2) is 4.98 Å². The van der Waals surface area contributed by atoms with Crippen molar-refractivity contribution in [2.24, 2.45) is 0 Å². The van der Waals surface area contributed by atoms with Crippen molar-refractivity contribution in [3.8, 4) is 10.4 Å². The number of rotatable bonds is 1. The molecule has 2 aromatic rings. The molecule has 1 nitrogen and oxygen atoms in total. The van der Waals surface area contributed by atoms with Crippen LogP contribution in [0.1, 0.15) is 0 Å². The van der Waals surface area contributed by atoms with Crippen LogP contribution in [0.2, 0.25) is 5.02 Å². The number of hydrogen-bond donors (Lipinski definition) is 0. The van der Waals surface area contributed by atoms with E-state index in [2.05, 4.69) is 4.98 Å². The Kier molecular flexibility index (Phi) is 2.29. The molecular formula is C9H5ClFNS. The highest BCUT2D eigenvalue weighted by atomic mass is 35.5. The minimum Gasteiger partial charge on any atom is -0.261 e. The SMILES string of the molecule is Fc1cncc(-c2cc(Cl)cs2)c1.